The number of benzene rings is 2. The van der Waals surface area contributed by atoms with Gasteiger partial charge in [-0.1, -0.05) is 44.0 Å². The minimum atomic E-state index is -3.72. The maximum absolute atomic E-state index is 12.9. The van der Waals surface area contributed by atoms with Crippen LogP contribution in [0.2, 0.25) is 0 Å². The molecule has 1 aliphatic rings. The lowest BCUT2D eigenvalue weighted by molar-refractivity contribution is -0.0179. The molecule has 114 valence electrons. The van der Waals surface area contributed by atoms with Crippen LogP contribution in [0.1, 0.15) is 5.56 Å². The summed E-state index contributed by atoms with van der Waals surface area (Å²) < 4.78 is 27.1. The summed E-state index contributed by atoms with van der Waals surface area (Å²) in [5.41, 5.74) is 1.02. The maximum Gasteiger partial charge on any atom is 0.208 e. The Morgan fingerprint density at radius 1 is 1.14 bits per heavy atom. The van der Waals surface area contributed by atoms with Crippen molar-refractivity contribution in [2.75, 3.05) is 0 Å². The average molecular weight is 446 g/mol. The number of para-hydroxylation sites is 1. The zero-order chi connectivity index (χ0) is 15.9. The second-order valence-corrected chi connectivity index (χ2v) is 8.46. The zero-order valence-electron chi connectivity index (χ0n) is 11.1. The Balaban J connectivity index is 2.20. The monoisotopic (exact) mass is 444 g/mol. The SMILES string of the molecule is O=S(=O)(c1cc(Br)cc(Br)c1)c1cccc2c1N=CN(O)C2. The third kappa shape index (κ3) is 2.83. The molecule has 2 aromatic rings. The molecule has 1 heterocycles. The molecule has 5 nitrogen and oxygen atoms in total. The van der Waals surface area contributed by atoms with Crippen molar-refractivity contribution < 1.29 is 13.6 Å². The van der Waals surface area contributed by atoms with Crippen LogP contribution in [0.5, 0.6) is 0 Å². The predicted octanol–water partition coefficient (Wildman–Crippen LogP) is 3.91. The van der Waals surface area contributed by atoms with Crippen molar-refractivity contribution in [2.24, 2.45) is 4.99 Å². The molecule has 0 unspecified atom stereocenters. The lowest BCUT2D eigenvalue weighted by Gasteiger charge is -2.20. The maximum atomic E-state index is 12.9. The zero-order valence-corrected chi connectivity index (χ0v) is 15.1. The topological polar surface area (TPSA) is 70.0 Å². The van der Waals surface area contributed by atoms with E-state index in [0.29, 0.717) is 20.2 Å². The summed E-state index contributed by atoms with van der Waals surface area (Å²) in [6.07, 6.45) is 1.21. The van der Waals surface area contributed by atoms with Gasteiger partial charge in [0.1, 0.15) is 6.34 Å². The normalized spacial score (nSPS) is 14.0. The lowest BCUT2D eigenvalue weighted by atomic mass is 10.1. The molecule has 0 saturated heterocycles. The molecular formula is C14H10Br2N2O3S. The van der Waals surface area contributed by atoms with Crippen LogP contribution in [0.25, 0.3) is 0 Å². The number of nitrogens with zero attached hydrogens (tertiary/aromatic N) is 2. The molecule has 0 aliphatic carbocycles. The highest BCUT2D eigenvalue weighted by atomic mass is 79.9. The van der Waals surface area contributed by atoms with Crippen LogP contribution in [0.15, 0.2) is 60.1 Å². The van der Waals surface area contributed by atoms with Gasteiger partial charge in [0, 0.05) is 14.5 Å². The Kier molecular flexibility index (Phi) is 4.11. The number of hydrogen-bond acceptors (Lipinski definition) is 5. The second-order valence-electron chi connectivity index (χ2n) is 4.71. The van der Waals surface area contributed by atoms with Crippen molar-refractivity contribution in [3.05, 3.63) is 50.9 Å². The van der Waals surface area contributed by atoms with Crippen LogP contribution in [0, 0.1) is 0 Å². The summed E-state index contributed by atoms with van der Waals surface area (Å²) in [5, 5.41) is 10.4. The molecule has 0 fully saturated rings. The number of halogens is 2. The van der Waals surface area contributed by atoms with Gasteiger partial charge in [0.25, 0.3) is 0 Å². The van der Waals surface area contributed by atoms with Crippen molar-refractivity contribution >= 4 is 53.7 Å². The molecule has 1 aliphatic heterocycles. The minimum Gasteiger partial charge on any atom is -0.287 e. The largest absolute Gasteiger partial charge is 0.287 e. The van der Waals surface area contributed by atoms with E-state index in [0.717, 1.165) is 5.06 Å². The first-order valence-electron chi connectivity index (χ1n) is 6.21. The first kappa shape index (κ1) is 15.7. The number of aliphatic imine (C=N–C) groups is 1. The van der Waals surface area contributed by atoms with Crippen LogP contribution in [0.4, 0.5) is 5.69 Å². The highest BCUT2D eigenvalue weighted by molar-refractivity contribution is 9.11. The summed E-state index contributed by atoms with van der Waals surface area (Å²) in [6.45, 7) is 0.199. The molecule has 0 radical (unpaired) electrons. The van der Waals surface area contributed by atoms with Gasteiger partial charge in [-0.05, 0) is 24.3 Å². The van der Waals surface area contributed by atoms with E-state index in [1.807, 2.05) is 0 Å². The van der Waals surface area contributed by atoms with Crippen molar-refractivity contribution in [1.82, 2.24) is 5.06 Å². The fraction of sp³-hybridized carbons (Fsp3) is 0.0714. The molecule has 22 heavy (non-hydrogen) atoms. The van der Waals surface area contributed by atoms with E-state index in [1.165, 1.54) is 12.4 Å². The predicted molar refractivity (Wildman–Crippen MR) is 89.2 cm³/mol. The minimum absolute atomic E-state index is 0.124. The average Bonchev–Trinajstić information content (AvgIpc) is 2.45. The Bertz CT molecular complexity index is 861. The van der Waals surface area contributed by atoms with Gasteiger partial charge >= 0.3 is 0 Å². The molecule has 0 saturated carbocycles. The summed E-state index contributed by atoms with van der Waals surface area (Å²) in [6, 6.07) is 9.77. The summed E-state index contributed by atoms with van der Waals surface area (Å²) >= 11 is 6.59. The van der Waals surface area contributed by atoms with Crippen molar-refractivity contribution in [3.8, 4) is 0 Å². The fourth-order valence-corrected chi connectivity index (χ4v) is 5.32. The Morgan fingerprint density at radius 3 is 2.50 bits per heavy atom. The van der Waals surface area contributed by atoms with Gasteiger partial charge in [-0.3, -0.25) is 5.21 Å². The van der Waals surface area contributed by atoms with Gasteiger partial charge in [0.05, 0.1) is 22.0 Å². The summed E-state index contributed by atoms with van der Waals surface area (Å²) in [4.78, 5) is 4.35. The van der Waals surface area contributed by atoms with E-state index in [1.54, 1.807) is 30.3 Å². The molecule has 3 rings (SSSR count). The van der Waals surface area contributed by atoms with E-state index >= 15 is 0 Å². The number of hydrogen-bond donors (Lipinski definition) is 1. The van der Waals surface area contributed by atoms with Crippen molar-refractivity contribution in [1.29, 1.82) is 0 Å². The van der Waals surface area contributed by atoms with Crippen LogP contribution in [-0.4, -0.2) is 25.0 Å². The van der Waals surface area contributed by atoms with Crippen LogP contribution in [-0.2, 0) is 16.4 Å². The Labute approximate surface area is 144 Å². The third-order valence-corrected chi connectivity index (χ3v) is 5.85. The van der Waals surface area contributed by atoms with Gasteiger partial charge < -0.3 is 0 Å². The van der Waals surface area contributed by atoms with Gasteiger partial charge in [0.2, 0.25) is 9.84 Å². The molecule has 8 heteroatoms. The highest BCUT2D eigenvalue weighted by Crippen LogP contribution is 2.36. The summed E-state index contributed by atoms with van der Waals surface area (Å²) in [5.74, 6) is 0. The van der Waals surface area contributed by atoms with E-state index in [9.17, 15) is 13.6 Å². The molecule has 0 bridgehead atoms. The second kappa shape index (κ2) is 5.77. The summed E-state index contributed by atoms with van der Waals surface area (Å²) in [7, 11) is -3.72. The molecule has 2 aromatic carbocycles. The quantitative estimate of drug-likeness (QED) is 0.760. The molecule has 0 spiro atoms. The van der Waals surface area contributed by atoms with Crippen molar-refractivity contribution in [2.45, 2.75) is 16.3 Å². The van der Waals surface area contributed by atoms with E-state index in [-0.39, 0.29) is 16.3 Å². The Hall–Kier alpha value is -1.22. The van der Waals surface area contributed by atoms with Crippen LogP contribution >= 0.6 is 31.9 Å². The van der Waals surface area contributed by atoms with E-state index in [4.69, 9.17) is 0 Å². The van der Waals surface area contributed by atoms with Gasteiger partial charge in [0.15, 0.2) is 0 Å². The molecule has 0 amide bonds. The lowest BCUT2D eigenvalue weighted by Crippen LogP contribution is -2.20. The van der Waals surface area contributed by atoms with E-state index in [2.05, 4.69) is 36.9 Å². The first-order chi connectivity index (χ1) is 10.4. The van der Waals surface area contributed by atoms with E-state index < -0.39 is 9.84 Å². The molecular weight excluding hydrogens is 436 g/mol. The molecule has 0 atom stereocenters. The smallest absolute Gasteiger partial charge is 0.208 e. The van der Waals surface area contributed by atoms with Crippen molar-refractivity contribution in [3.63, 3.8) is 0 Å². The first-order valence-corrected chi connectivity index (χ1v) is 9.27. The molecule has 1 N–H and O–H groups in total. The van der Waals surface area contributed by atoms with Crippen LogP contribution < -0.4 is 0 Å². The molecule has 0 aromatic heterocycles. The van der Waals surface area contributed by atoms with Crippen LogP contribution in [0.3, 0.4) is 0 Å². The number of hydroxylamine groups is 2. The number of rotatable bonds is 2. The number of fused-ring (bicyclic) bond motifs is 1. The highest BCUT2D eigenvalue weighted by Gasteiger charge is 2.25. The Morgan fingerprint density at radius 2 is 1.82 bits per heavy atom. The van der Waals surface area contributed by atoms with Gasteiger partial charge in [-0.25, -0.2) is 18.5 Å². The number of sulfone groups is 1. The fourth-order valence-electron chi connectivity index (χ4n) is 2.21. The van der Waals surface area contributed by atoms with Gasteiger partial charge in [-0.15, -0.1) is 0 Å². The third-order valence-electron chi connectivity index (χ3n) is 3.17. The van der Waals surface area contributed by atoms with Gasteiger partial charge in [-0.2, -0.15) is 0 Å². The standard InChI is InChI=1S/C14H10Br2N2O3S/c15-10-4-11(16)6-12(5-10)22(20,21)13-3-1-2-9-7-18(19)8-17-14(9)13/h1-6,8,19H,7H2.